The van der Waals surface area contributed by atoms with Crippen LogP contribution in [-0.2, 0) is 0 Å². The molecule has 1 fully saturated rings. The highest BCUT2D eigenvalue weighted by molar-refractivity contribution is 8.27. The van der Waals surface area contributed by atoms with E-state index in [0.717, 1.165) is 10.5 Å². The maximum Gasteiger partial charge on any atom is 0.289 e. The van der Waals surface area contributed by atoms with Crippen LogP contribution < -0.4 is 4.06 Å². The smallest absolute Gasteiger partial charge is 0.265 e. The van der Waals surface area contributed by atoms with Crippen LogP contribution in [0.5, 0.6) is 0 Å². The first-order chi connectivity index (χ1) is 7.63. The summed E-state index contributed by atoms with van der Waals surface area (Å²) in [5.74, 6) is 0. The van der Waals surface area contributed by atoms with Gasteiger partial charge in [-0.1, -0.05) is 60.0 Å². The minimum absolute atomic E-state index is 0.247. The number of rotatable bonds is 1. The number of fused-ring (bicyclic) bond motifs is 1. The van der Waals surface area contributed by atoms with Crippen LogP contribution in [0.2, 0.25) is 0 Å². The highest BCUT2D eigenvalue weighted by Gasteiger charge is 2.40. The molecule has 0 bridgehead atoms. The van der Waals surface area contributed by atoms with E-state index in [-0.39, 0.29) is 4.06 Å². The first kappa shape index (κ1) is 12.3. The fraction of sp³-hybridized carbons (Fsp3) is 0.667. The molecule has 1 aromatic rings. The third-order valence-electron chi connectivity index (χ3n) is 2.55. The molecule has 0 radical (unpaired) electrons. The number of thioether (sulfide) groups is 4. The van der Waals surface area contributed by atoms with Gasteiger partial charge in [-0.05, 0) is 0 Å². The van der Waals surface area contributed by atoms with E-state index in [1.165, 1.54) is 31.1 Å². The first-order valence-electron chi connectivity index (χ1n) is 4.91. The van der Waals surface area contributed by atoms with E-state index in [2.05, 4.69) is 37.4 Å². The molecule has 16 heavy (non-hydrogen) atoms. The lowest BCUT2D eigenvalue weighted by atomic mass is 10.4. The summed E-state index contributed by atoms with van der Waals surface area (Å²) in [5.41, 5.74) is 0. The van der Waals surface area contributed by atoms with E-state index >= 15 is 0 Å². The van der Waals surface area contributed by atoms with Crippen molar-refractivity contribution in [1.29, 1.82) is 0 Å². The van der Waals surface area contributed by atoms with Crippen molar-refractivity contribution in [3.05, 3.63) is 8.85 Å². The summed E-state index contributed by atoms with van der Waals surface area (Å²) >= 11 is 10.9. The normalized spacial score (nSPS) is 31.1. The van der Waals surface area contributed by atoms with Crippen LogP contribution in [-0.4, -0.2) is 19.7 Å². The molecule has 0 N–H and O–H groups in total. The highest BCUT2D eigenvalue weighted by atomic mass is 32.2. The third kappa shape index (κ3) is 2.23. The van der Waals surface area contributed by atoms with E-state index in [9.17, 15) is 4.79 Å². The molecule has 0 spiro atoms. The molecule has 0 saturated carbocycles. The van der Waals surface area contributed by atoms with Gasteiger partial charge in [0.2, 0.25) is 0 Å². The minimum Gasteiger partial charge on any atom is -0.265 e. The summed E-state index contributed by atoms with van der Waals surface area (Å²) in [6.45, 7) is 4.64. The molecular weight excluding hydrogens is 317 g/mol. The summed E-state index contributed by atoms with van der Waals surface area (Å²) in [6, 6.07) is 0. The van der Waals surface area contributed by atoms with Gasteiger partial charge in [0, 0.05) is 10.5 Å². The number of hydrogen-bond acceptors (Lipinski definition) is 7. The Labute approximate surface area is 120 Å². The van der Waals surface area contributed by atoms with Crippen LogP contribution >= 0.6 is 69.7 Å². The Bertz CT molecular complexity index is 415. The summed E-state index contributed by atoms with van der Waals surface area (Å²) in [4.78, 5) is 11.2. The van der Waals surface area contributed by atoms with Crippen LogP contribution in [0.1, 0.15) is 13.8 Å². The first-order valence-corrected chi connectivity index (χ1v) is 10.2. The van der Waals surface area contributed by atoms with Gasteiger partial charge in [-0.15, -0.1) is 23.5 Å². The Morgan fingerprint density at radius 3 is 1.88 bits per heavy atom. The molecule has 2 aliphatic rings. The van der Waals surface area contributed by atoms with Gasteiger partial charge in [0.25, 0.3) is 4.06 Å². The Balaban J connectivity index is 1.72. The van der Waals surface area contributed by atoms with E-state index in [1.807, 2.05) is 23.5 Å². The van der Waals surface area contributed by atoms with Crippen LogP contribution in [0.4, 0.5) is 0 Å². The average Bonchev–Trinajstić information content (AvgIpc) is 2.80. The predicted molar refractivity (Wildman–Crippen MR) is 81.9 cm³/mol. The van der Waals surface area contributed by atoms with Crippen molar-refractivity contribution < 1.29 is 0 Å². The Kier molecular flexibility index (Phi) is 3.64. The molecule has 0 unspecified atom stereocenters. The summed E-state index contributed by atoms with van der Waals surface area (Å²) in [7, 11) is 0. The molecule has 0 aromatic carbocycles. The monoisotopic (exact) mass is 326 g/mol. The Hall–Kier alpha value is 1.25. The van der Waals surface area contributed by atoms with Gasteiger partial charge in [0.15, 0.2) is 0 Å². The largest absolute Gasteiger partial charge is 0.289 e. The SMILES string of the molecule is C[C@@H]1SC(C2Sc3sc(=O)sc3S2)S[C@H]1C. The van der Waals surface area contributed by atoms with Crippen molar-refractivity contribution in [1.82, 2.24) is 0 Å². The zero-order valence-corrected chi connectivity index (χ0v) is 13.6. The molecule has 0 aliphatic carbocycles. The van der Waals surface area contributed by atoms with E-state index in [4.69, 9.17) is 0 Å². The number of hydrogen-bond donors (Lipinski definition) is 0. The van der Waals surface area contributed by atoms with Gasteiger partial charge < -0.3 is 0 Å². The fourth-order valence-corrected chi connectivity index (χ4v) is 12.2. The second-order valence-corrected chi connectivity index (χ2v) is 12.4. The highest BCUT2D eigenvalue weighted by Crippen LogP contribution is 2.59. The van der Waals surface area contributed by atoms with Gasteiger partial charge in [-0.2, -0.15) is 0 Å². The fourth-order valence-electron chi connectivity index (χ4n) is 1.55. The lowest BCUT2D eigenvalue weighted by Crippen LogP contribution is -2.07. The third-order valence-corrected chi connectivity index (χ3v) is 12.5. The summed E-state index contributed by atoms with van der Waals surface area (Å²) in [6.07, 6.45) is 0. The van der Waals surface area contributed by atoms with Crippen LogP contribution in [0, 0.1) is 0 Å². The van der Waals surface area contributed by atoms with Gasteiger partial charge in [0.1, 0.15) is 0 Å². The standard InChI is InChI=1S/C9H10OS6/c1-3-4(2)12-5(11-3)6-13-7-8(14-6)16-9(10)15-7/h3-6H,1-2H3/t3-,4-/m0/s1. The Morgan fingerprint density at radius 1 is 0.875 bits per heavy atom. The maximum atomic E-state index is 11.2. The summed E-state index contributed by atoms with van der Waals surface area (Å²) in [5, 5.41) is 1.52. The molecule has 88 valence electrons. The van der Waals surface area contributed by atoms with Crippen molar-refractivity contribution >= 4 is 69.7 Å². The molecule has 3 heterocycles. The summed E-state index contributed by atoms with van der Waals surface area (Å²) < 4.78 is 4.07. The van der Waals surface area contributed by atoms with Crippen LogP contribution in [0.15, 0.2) is 13.2 Å². The molecule has 3 rings (SSSR count). The lowest BCUT2D eigenvalue weighted by molar-refractivity contribution is 0.941. The molecule has 2 aliphatic heterocycles. The second kappa shape index (κ2) is 4.74. The Morgan fingerprint density at radius 2 is 1.38 bits per heavy atom. The molecule has 7 heteroatoms. The van der Waals surface area contributed by atoms with Gasteiger partial charge >= 0.3 is 0 Å². The zero-order chi connectivity index (χ0) is 11.3. The topological polar surface area (TPSA) is 17.1 Å². The average molecular weight is 327 g/mol. The molecular formula is C9H10OS6. The van der Waals surface area contributed by atoms with Crippen molar-refractivity contribution in [2.24, 2.45) is 0 Å². The molecule has 1 nitrogen and oxygen atoms in total. The van der Waals surface area contributed by atoms with Crippen molar-refractivity contribution in [2.45, 2.75) is 41.9 Å². The molecule has 1 aromatic heterocycles. The van der Waals surface area contributed by atoms with Crippen molar-refractivity contribution in [3.8, 4) is 0 Å². The van der Waals surface area contributed by atoms with Gasteiger partial charge in [0.05, 0.1) is 17.6 Å². The van der Waals surface area contributed by atoms with E-state index in [0.29, 0.717) is 9.16 Å². The lowest BCUT2D eigenvalue weighted by Gasteiger charge is -2.14. The van der Waals surface area contributed by atoms with Gasteiger partial charge in [-0.3, -0.25) is 4.79 Å². The van der Waals surface area contributed by atoms with Gasteiger partial charge in [-0.25, -0.2) is 0 Å². The maximum absolute atomic E-state index is 11.2. The second-order valence-electron chi connectivity index (χ2n) is 3.68. The zero-order valence-electron chi connectivity index (χ0n) is 8.67. The minimum atomic E-state index is 0.247. The van der Waals surface area contributed by atoms with E-state index in [1.54, 1.807) is 0 Å². The molecule has 1 saturated heterocycles. The van der Waals surface area contributed by atoms with Crippen LogP contribution in [0.25, 0.3) is 0 Å². The van der Waals surface area contributed by atoms with Crippen molar-refractivity contribution in [3.63, 3.8) is 0 Å². The van der Waals surface area contributed by atoms with Crippen LogP contribution in [0.3, 0.4) is 0 Å². The van der Waals surface area contributed by atoms with E-state index < -0.39 is 0 Å². The quantitative estimate of drug-likeness (QED) is 0.764. The molecule has 2 atom stereocenters. The molecule has 0 amide bonds. The van der Waals surface area contributed by atoms with Crippen molar-refractivity contribution in [2.75, 3.05) is 0 Å². The predicted octanol–water partition coefficient (Wildman–Crippen LogP) is 4.28.